The predicted molar refractivity (Wildman–Crippen MR) is 88.4 cm³/mol. The maximum Gasteiger partial charge on any atom is 0.325 e. The number of hydrogen-bond acceptors (Lipinski definition) is 4. The van der Waals surface area contributed by atoms with Crippen LogP contribution in [0.25, 0.3) is 10.4 Å². The number of aromatic nitrogens is 3. The molecule has 0 spiro atoms. The first-order valence-electron chi connectivity index (χ1n) is 6.94. The van der Waals surface area contributed by atoms with Gasteiger partial charge in [-0.05, 0) is 5.56 Å². The first-order chi connectivity index (χ1) is 11.5. The van der Waals surface area contributed by atoms with E-state index in [1.165, 1.54) is 24.6 Å². The van der Waals surface area contributed by atoms with Crippen LogP contribution in [-0.2, 0) is 7.05 Å². The fourth-order valence-electron chi connectivity index (χ4n) is 2.12. The van der Waals surface area contributed by atoms with Crippen LogP contribution in [0.1, 0.15) is 12.1 Å². The smallest absolute Gasteiger partial charge is 0.304 e. The number of nitrogens with one attached hydrogen (secondary N) is 2. The van der Waals surface area contributed by atoms with Crippen molar-refractivity contribution in [3.05, 3.63) is 48.4 Å². The molecule has 6 nitrogen and oxygen atoms in total. The van der Waals surface area contributed by atoms with Gasteiger partial charge in [0.2, 0.25) is 0 Å². The van der Waals surface area contributed by atoms with E-state index in [1.807, 2.05) is 30.3 Å². The average molecular weight is 349 g/mol. The lowest BCUT2D eigenvalue weighted by molar-refractivity contribution is 0.141. The summed E-state index contributed by atoms with van der Waals surface area (Å²) in [6.45, 7) is 0. The summed E-state index contributed by atoms with van der Waals surface area (Å²) in [4.78, 5) is 17.0. The molecule has 9 heteroatoms. The largest absolute Gasteiger partial charge is 0.325 e. The lowest BCUT2D eigenvalue weighted by Gasteiger charge is -2.06. The molecule has 2 N–H and O–H groups in total. The van der Waals surface area contributed by atoms with Crippen molar-refractivity contribution in [1.82, 2.24) is 14.8 Å². The Labute approximate surface area is 140 Å². The number of carbonyl (C=O) groups excluding carboxylic acids is 1. The maximum absolute atomic E-state index is 12.9. The Hall–Kier alpha value is -2.81. The molecule has 24 heavy (non-hydrogen) atoms. The second-order valence-electron chi connectivity index (χ2n) is 4.84. The Balaban J connectivity index is 1.69. The van der Waals surface area contributed by atoms with Crippen molar-refractivity contribution < 1.29 is 13.6 Å². The molecule has 3 aromatic rings. The summed E-state index contributed by atoms with van der Waals surface area (Å²) in [5.74, 6) is 0. The molecule has 0 unspecified atom stereocenters. The van der Waals surface area contributed by atoms with Gasteiger partial charge in [0.05, 0.1) is 16.8 Å². The average Bonchev–Trinajstić information content (AvgIpc) is 3.15. The summed E-state index contributed by atoms with van der Waals surface area (Å²) in [5, 5.41) is 8.99. The third-order valence-corrected chi connectivity index (χ3v) is 4.19. The summed E-state index contributed by atoms with van der Waals surface area (Å²) in [6.07, 6.45) is 0.0834. The maximum atomic E-state index is 12.9. The van der Waals surface area contributed by atoms with Crippen molar-refractivity contribution in [2.24, 2.45) is 7.05 Å². The van der Waals surface area contributed by atoms with Crippen LogP contribution in [-0.4, -0.2) is 20.8 Å². The van der Waals surface area contributed by atoms with Crippen LogP contribution in [0, 0.1) is 0 Å². The molecule has 0 aliphatic heterocycles. The zero-order valence-electron chi connectivity index (χ0n) is 12.5. The van der Waals surface area contributed by atoms with Crippen molar-refractivity contribution in [1.29, 1.82) is 0 Å². The number of hydrogen-bond donors (Lipinski definition) is 2. The molecule has 0 aliphatic rings. The fraction of sp³-hybridized carbons (Fsp3) is 0.133. The van der Waals surface area contributed by atoms with E-state index in [1.54, 1.807) is 6.20 Å². The van der Waals surface area contributed by atoms with Crippen molar-refractivity contribution in [3.63, 3.8) is 0 Å². The molecule has 2 amide bonds. The van der Waals surface area contributed by atoms with E-state index in [-0.39, 0.29) is 11.4 Å². The van der Waals surface area contributed by atoms with Crippen LogP contribution in [0.4, 0.5) is 24.4 Å². The molecular formula is C15H13F2N5OS. The van der Waals surface area contributed by atoms with Crippen LogP contribution in [0.15, 0.2) is 42.7 Å². The second-order valence-corrected chi connectivity index (χ2v) is 5.87. The first-order valence-corrected chi connectivity index (χ1v) is 7.75. The molecule has 0 saturated heterocycles. The van der Waals surface area contributed by atoms with E-state index >= 15 is 0 Å². The van der Waals surface area contributed by atoms with Gasteiger partial charge in [-0.2, -0.15) is 5.10 Å². The van der Waals surface area contributed by atoms with Gasteiger partial charge in [0.15, 0.2) is 5.13 Å². The van der Waals surface area contributed by atoms with Gasteiger partial charge in [-0.3, -0.25) is 10.00 Å². The van der Waals surface area contributed by atoms with E-state index in [2.05, 4.69) is 20.7 Å². The van der Waals surface area contributed by atoms with E-state index in [9.17, 15) is 13.6 Å². The second kappa shape index (κ2) is 6.75. The van der Waals surface area contributed by atoms with Gasteiger partial charge < -0.3 is 5.32 Å². The van der Waals surface area contributed by atoms with Gasteiger partial charge in [0, 0.05) is 13.2 Å². The van der Waals surface area contributed by atoms with Gasteiger partial charge in [0.25, 0.3) is 6.43 Å². The number of thiazole rings is 1. The highest BCUT2D eigenvalue weighted by atomic mass is 32.1. The summed E-state index contributed by atoms with van der Waals surface area (Å²) < 4.78 is 26.9. The molecule has 0 fully saturated rings. The number of carbonyl (C=O) groups is 1. The van der Waals surface area contributed by atoms with Crippen molar-refractivity contribution in [2.75, 3.05) is 10.6 Å². The van der Waals surface area contributed by atoms with Gasteiger partial charge in [-0.1, -0.05) is 41.7 Å². The van der Waals surface area contributed by atoms with Crippen molar-refractivity contribution >= 4 is 28.2 Å². The van der Waals surface area contributed by atoms with Gasteiger partial charge in [-0.15, -0.1) is 0 Å². The van der Waals surface area contributed by atoms with Crippen LogP contribution in [0.2, 0.25) is 0 Å². The molecule has 3 rings (SSSR count). The highest BCUT2D eigenvalue weighted by Gasteiger charge is 2.20. The Morgan fingerprint density at radius 1 is 1.21 bits per heavy atom. The van der Waals surface area contributed by atoms with Crippen molar-refractivity contribution in [3.8, 4) is 10.4 Å². The summed E-state index contributed by atoms with van der Waals surface area (Å²) in [7, 11) is 1.39. The number of aryl methyl sites for hydroxylation is 1. The minimum Gasteiger partial charge on any atom is -0.304 e. The van der Waals surface area contributed by atoms with Gasteiger partial charge >= 0.3 is 6.03 Å². The van der Waals surface area contributed by atoms with Crippen molar-refractivity contribution in [2.45, 2.75) is 6.43 Å². The molecule has 1 aromatic carbocycles. The summed E-state index contributed by atoms with van der Waals surface area (Å²) >= 11 is 1.29. The van der Waals surface area contributed by atoms with Crippen LogP contribution < -0.4 is 10.6 Å². The number of benzene rings is 1. The Bertz CT molecular complexity index is 847. The molecule has 0 atom stereocenters. The number of alkyl halides is 2. The molecule has 0 radical (unpaired) electrons. The van der Waals surface area contributed by atoms with Gasteiger partial charge in [0.1, 0.15) is 5.69 Å². The Morgan fingerprint density at radius 2 is 1.96 bits per heavy atom. The lowest BCUT2D eigenvalue weighted by Crippen LogP contribution is -2.20. The topological polar surface area (TPSA) is 71.8 Å². The molecule has 0 aliphatic carbocycles. The molecule has 124 valence electrons. The normalized spacial score (nSPS) is 10.8. The number of halogens is 2. The third-order valence-electron chi connectivity index (χ3n) is 3.22. The monoisotopic (exact) mass is 349 g/mol. The zero-order valence-corrected chi connectivity index (χ0v) is 13.3. The zero-order chi connectivity index (χ0) is 17.1. The third kappa shape index (κ3) is 3.40. The fourth-order valence-corrected chi connectivity index (χ4v) is 2.94. The molecule has 0 saturated carbocycles. The molecule has 2 aromatic heterocycles. The van der Waals surface area contributed by atoms with E-state index in [4.69, 9.17) is 0 Å². The number of amides is 2. The van der Waals surface area contributed by atoms with E-state index in [0.717, 1.165) is 15.1 Å². The number of nitrogens with zero attached hydrogens (tertiary/aromatic N) is 3. The summed E-state index contributed by atoms with van der Waals surface area (Å²) in [6, 6.07) is 8.93. The highest BCUT2D eigenvalue weighted by molar-refractivity contribution is 7.19. The van der Waals surface area contributed by atoms with Crippen LogP contribution in [0.5, 0.6) is 0 Å². The van der Waals surface area contributed by atoms with E-state index in [0.29, 0.717) is 5.13 Å². The standard InChI is InChI=1S/C15H13F2N5OS/c1-22-12(13(16)17)10(7-19-22)20-14(23)21-15-18-8-11(24-15)9-5-3-2-4-6-9/h2-8,13H,1H3,(H2,18,20,21,23). The molecule has 0 bridgehead atoms. The minimum atomic E-state index is -2.74. The Morgan fingerprint density at radius 3 is 2.67 bits per heavy atom. The van der Waals surface area contributed by atoms with Gasteiger partial charge in [-0.25, -0.2) is 18.6 Å². The predicted octanol–water partition coefficient (Wildman–Crippen LogP) is 4.13. The minimum absolute atomic E-state index is 0.0372. The highest BCUT2D eigenvalue weighted by Crippen LogP contribution is 2.29. The SMILES string of the molecule is Cn1ncc(NC(=O)Nc2ncc(-c3ccccc3)s2)c1C(F)F. The van der Waals surface area contributed by atoms with E-state index < -0.39 is 12.5 Å². The number of rotatable bonds is 4. The summed E-state index contributed by atoms with van der Waals surface area (Å²) in [5.41, 5.74) is 0.592. The number of urea groups is 1. The first kappa shape index (κ1) is 16.1. The molecule has 2 heterocycles. The van der Waals surface area contributed by atoms with Crippen LogP contribution in [0.3, 0.4) is 0 Å². The van der Waals surface area contributed by atoms with Crippen LogP contribution >= 0.6 is 11.3 Å². The number of anilines is 2. The Kier molecular flexibility index (Phi) is 4.52. The lowest BCUT2D eigenvalue weighted by atomic mass is 10.2. The molecular weight excluding hydrogens is 336 g/mol. The quantitative estimate of drug-likeness (QED) is 0.744.